The zero-order valence-corrected chi connectivity index (χ0v) is 16.6. The van der Waals surface area contributed by atoms with Gasteiger partial charge >= 0.3 is 26.2 Å². The maximum Gasteiger partial charge on any atom is 4.00 e. The molecule has 0 aromatic carbocycles. The monoisotopic (exact) mass is 360 g/mol. The van der Waals surface area contributed by atoms with Gasteiger partial charge in [0.25, 0.3) is 0 Å². The average molecular weight is 362 g/mol. The minimum absolute atomic E-state index is 0. The summed E-state index contributed by atoms with van der Waals surface area (Å²) in [6, 6.07) is 0. The van der Waals surface area contributed by atoms with Gasteiger partial charge in [-0.15, -0.1) is 8.07 Å². The molecule has 2 fully saturated rings. The molecule has 0 saturated heterocycles. The van der Waals surface area contributed by atoms with Gasteiger partial charge < -0.3 is 12.6 Å². The Bertz CT molecular complexity index is 195. The third-order valence-corrected chi connectivity index (χ3v) is 3.25. The van der Waals surface area contributed by atoms with Crippen LogP contribution in [0.3, 0.4) is 0 Å². The van der Waals surface area contributed by atoms with Crippen LogP contribution in [0.5, 0.6) is 0 Å². The summed E-state index contributed by atoms with van der Waals surface area (Å²) in [6.07, 6.45) is 20.9. The Labute approximate surface area is 149 Å². The van der Waals surface area contributed by atoms with E-state index in [-0.39, 0.29) is 26.2 Å². The predicted octanol–water partition coefficient (Wildman–Crippen LogP) is 4.88. The van der Waals surface area contributed by atoms with Crippen LogP contribution >= 0.6 is 0 Å². The molecule has 0 amide bonds. The first-order chi connectivity index (χ1) is 8.95. The van der Waals surface area contributed by atoms with Gasteiger partial charge in [-0.25, -0.2) is 0 Å². The van der Waals surface area contributed by atoms with Crippen molar-refractivity contribution in [3.8, 4) is 0 Å². The molecule has 0 spiro atoms. The second-order valence-electron chi connectivity index (χ2n) is 5.33. The maximum atomic E-state index is 3.79. The van der Waals surface area contributed by atoms with Gasteiger partial charge in [0.15, 0.2) is 0 Å². The molecule has 2 aliphatic rings. The maximum absolute atomic E-state index is 3.79. The summed E-state index contributed by atoms with van der Waals surface area (Å²) in [5.74, 6) is 0. The average Bonchev–Trinajstić information content (AvgIpc) is 3.05. The molecule has 2 saturated carbocycles. The molecule has 0 nitrogen and oxygen atoms in total. The van der Waals surface area contributed by atoms with Crippen LogP contribution in [0.4, 0.5) is 0 Å². The summed E-state index contributed by atoms with van der Waals surface area (Å²) in [4.78, 5) is 0. The molecule has 0 aromatic rings. The van der Waals surface area contributed by atoms with Crippen LogP contribution in [0.2, 0.25) is 19.6 Å². The first-order valence-electron chi connectivity index (χ1n) is 6.69. The van der Waals surface area contributed by atoms with Gasteiger partial charge in [0.2, 0.25) is 0 Å². The van der Waals surface area contributed by atoms with E-state index >= 15 is 0 Å². The zero-order valence-electron chi connectivity index (χ0n) is 13.2. The summed E-state index contributed by atoms with van der Waals surface area (Å²) < 4.78 is 0. The van der Waals surface area contributed by atoms with E-state index in [4.69, 9.17) is 0 Å². The Balaban J connectivity index is 0. The Morgan fingerprint density at radius 3 is 1.15 bits per heavy atom. The molecule has 0 aliphatic heterocycles. The third-order valence-electron chi connectivity index (χ3n) is 2.07. The summed E-state index contributed by atoms with van der Waals surface area (Å²) in [5.41, 5.74) is 4.78. The summed E-state index contributed by atoms with van der Waals surface area (Å²) in [5, 5.41) is 0. The molecule has 20 heavy (non-hydrogen) atoms. The molecular weight excluding hydrogens is 336 g/mol. The fraction of sp³-hybridized carbons (Fsp3) is 0.278. The zero-order chi connectivity index (χ0) is 14.6. The van der Waals surface area contributed by atoms with E-state index in [1.807, 2.05) is 64.2 Å². The van der Waals surface area contributed by atoms with Crippen LogP contribution in [-0.2, 0) is 26.2 Å². The number of rotatable bonds is 2. The summed E-state index contributed by atoms with van der Waals surface area (Å²) in [7, 11) is -1.07. The van der Waals surface area contributed by atoms with Crippen LogP contribution in [0.1, 0.15) is 13.3 Å². The van der Waals surface area contributed by atoms with E-state index in [1.165, 1.54) is 5.57 Å². The molecule has 10 radical (unpaired) electrons. The van der Waals surface area contributed by atoms with Crippen molar-refractivity contribution in [1.29, 1.82) is 0 Å². The molecule has 0 atom stereocenters. The van der Waals surface area contributed by atoms with Crippen molar-refractivity contribution in [2.45, 2.75) is 33.0 Å². The Kier molecular flexibility index (Phi) is 17.1. The fourth-order valence-electron chi connectivity index (χ4n) is 1.34. The SMILES string of the molecule is [CH2-]CC(C)=[C-][Si](C)(C)C.[CH]1[CH][CH][CH][CH]1.[CH]1[CH][CH][CH][CH]1.[Zr+4]. The van der Waals surface area contributed by atoms with Gasteiger partial charge in [0.05, 0.1) is 0 Å². The number of hydrogen-bond donors (Lipinski definition) is 0. The molecule has 104 valence electrons. The van der Waals surface area contributed by atoms with Crippen molar-refractivity contribution in [2.75, 3.05) is 0 Å². The summed E-state index contributed by atoms with van der Waals surface area (Å²) in [6.45, 7) is 12.7. The van der Waals surface area contributed by atoms with Gasteiger partial charge in [-0.1, -0.05) is 26.6 Å². The number of hydrogen-bond acceptors (Lipinski definition) is 0. The second kappa shape index (κ2) is 14.8. The minimum atomic E-state index is -1.07. The van der Waals surface area contributed by atoms with E-state index in [9.17, 15) is 0 Å². The standard InChI is InChI=1S/C8H16Si.2C5H5.Zr/c1-6-8(2)7-9(3,4)5;2*1-2-4-5-3-1;/h1,6H2,2-5H3;2*1-5H;/q-2;;;+4. The van der Waals surface area contributed by atoms with Crippen LogP contribution in [0.25, 0.3) is 0 Å². The van der Waals surface area contributed by atoms with Gasteiger partial charge in [-0.05, 0) is 64.2 Å². The molecule has 0 bridgehead atoms. The largest absolute Gasteiger partial charge is 4.00 e. The molecule has 2 aliphatic carbocycles. The fourth-order valence-corrected chi connectivity index (χ4v) is 2.75. The molecule has 2 heteroatoms. The molecule has 0 N–H and O–H groups in total. The van der Waals surface area contributed by atoms with Crippen LogP contribution < -0.4 is 0 Å². The van der Waals surface area contributed by atoms with Gasteiger partial charge in [0.1, 0.15) is 0 Å². The van der Waals surface area contributed by atoms with Crippen molar-refractivity contribution < 1.29 is 26.2 Å². The normalized spacial score (nSPS) is 18.4. The quantitative estimate of drug-likeness (QED) is 0.486. The van der Waals surface area contributed by atoms with Crippen LogP contribution in [-0.4, -0.2) is 8.07 Å². The van der Waals surface area contributed by atoms with E-state index in [2.05, 4.69) is 39.2 Å². The van der Waals surface area contributed by atoms with Crippen molar-refractivity contribution in [3.63, 3.8) is 0 Å². The first-order valence-corrected chi connectivity index (χ1v) is 10.2. The topological polar surface area (TPSA) is 0 Å². The Hall–Kier alpha value is 0.840. The Morgan fingerprint density at radius 2 is 1.05 bits per heavy atom. The van der Waals surface area contributed by atoms with Crippen molar-refractivity contribution in [1.82, 2.24) is 0 Å². The second-order valence-corrected chi connectivity index (χ2v) is 10.1. The van der Waals surface area contributed by atoms with Gasteiger partial charge in [-0.3, -0.25) is 5.57 Å². The predicted molar refractivity (Wildman–Crippen MR) is 88.8 cm³/mol. The van der Waals surface area contributed by atoms with Crippen molar-refractivity contribution in [3.05, 3.63) is 82.4 Å². The molecule has 0 unspecified atom stereocenters. The number of allylic oxidation sites excluding steroid dienone is 1. The van der Waals surface area contributed by atoms with Crippen LogP contribution in [0, 0.1) is 76.8 Å². The molecule has 0 aromatic heterocycles. The molecular formula is C18H26SiZr+2. The first kappa shape index (κ1) is 23.1. The smallest absolute Gasteiger partial charge is 0.501 e. The van der Waals surface area contributed by atoms with Crippen molar-refractivity contribution in [2.24, 2.45) is 0 Å². The van der Waals surface area contributed by atoms with E-state index in [1.54, 1.807) is 0 Å². The third kappa shape index (κ3) is 18.8. The summed E-state index contributed by atoms with van der Waals surface area (Å²) >= 11 is 0. The Morgan fingerprint density at radius 1 is 0.800 bits per heavy atom. The minimum Gasteiger partial charge on any atom is -0.501 e. The van der Waals surface area contributed by atoms with Gasteiger partial charge in [-0.2, -0.15) is 6.42 Å². The van der Waals surface area contributed by atoms with Crippen molar-refractivity contribution >= 4 is 8.07 Å². The van der Waals surface area contributed by atoms with E-state index < -0.39 is 8.07 Å². The van der Waals surface area contributed by atoms with Crippen LogP contribution in [0.15, 0.2) is 5.57 Å². The molecule has 0 heterocycles. The van der Waals surface area contributed by atoms with E-state index in [0.717, 1.165) is 6.42 Å². The van der Waals surface area contributed by atoms with Gasteiger partial charge in [0, 0.05) is 0 Å². The molecule has 2 rings (SSSR count). The van der Waals surface area contributed by atoms with E-state index in [0.29, 0.717) is 0 Å².